The minimum absolute atomic E-state index is 0.0258. The van der Waals surface area contributed by atoms with Crippen molar-refractivity contribution in [1.82, 2.24) is 14.8 Å². The van der Waals surface area contributed by atoms with Gasteiger partial charge in [-0.1, -0.05) is 6.07 Å². The maximum atomic E-state index is 12.3. The van der Waals surface area contributed by atoms with Crippen molar-refractivity contribution in [2.45, 2.75) is 25.3 Å². The molecule has 130 valence electrons. The van der Waals surface area contributed by atoms with E-state index in [1.54, 1.807) is 6.20 Å². The molecule has 2 aliphatic rings. The third kappa shape index (κ3) is 3.35. The zero-order valence-corrected chi connectivity index (χ0v) is 14.1. The van der Waals surface area contributed by atoms with Gasteiger partial charge >= 0.3 is 0 Å². The van der Waals surface area contributed by atoms with E-state index in [1.807, 2.05) is 18.2 Å². The van der Waals surface area contributed by atoms with Crippen molar-refractivity contribution < 1.29 is 9.59 Å². The zero-order valence-electron chi connectivity index (χ0n) is 14.1. The summed E-state index contributed by atoms with van der Waals surface area (Å²) in [4.78, 5) is 31.9. The van der Waals surface area contributed by atoms with Crippen LogP contribution in [0.4, 0.5) is 5.69 Å². The maximum absolute atomic E-state index is 12.3. The van der Waals surface area contributed by atoms with E-state index in [9.17, 15) is 9.59 Å². The predicted octanol–water partition coefficient (Wildman–Crippen LogP) is 1.87. The Bertz CT molecular complexity index is 802. The molecule has 1 aromatic heterocycles. The Morgan fingerprint density at radius 2 is 2.16 bits per heavy atom. The van der Waals surface area contributed by atoms with Crippen LogP contribution in [0.3, 0.4) is 0 Å². The van der Waals surface area contributed by atoms with Crippen LogP contribution in [0.1, 0.15) is 19.3 Å². The maximum Gasteiger partial charge on any atom is 0.243 e. The van der Waals surface area contributed by atoms with E-state index < -0.39 is 0 Å². The third-order valence-electron chi connectivity index (χ3n) is 5.01. The molecular weight excluding hydrogens is 316 g/mol. The van der Waals surface area contributed by atoms with Crippen LogP contribution in [-0.4, -0.2) is 58.8 Å². The number of nitrogens with one attached hydrogen (secondary N) is 1. The Kier molecular flexibility index (Phi) is 4.36. The molecule has 25 heavy (non-hydrogen) atoms. The molecule has 1 N–H and O–H groups in total. The first-order chi connectivity index (χ1) is 12.2. The average molecular weight is 338 g/mol. The van der Waals surface area contributed by atoms with Gasteiger partial charge in [0.15, 0.2) is 0 Å². The molecule has 2 aromatic rings. The molecule has 0 aliphatic carbocycles. The van der Waals surface area contributed by atoms with Crippen LogP contribution in [0.25, 0.3) is 10.9 Å². The Labute approximate surface area is 146 Å². The molecule has 2 saturated heterocycles. The summed E-state index contributed by atoms with van der Waals surface area (Å²) in [5, 5.41) is 4.71. The lowest BCUT2D eigenvalue weighted by Gasteiger charge is -2.20. The van der Waals surface area contributed by atoms with Crippen molar-refractivity contribution in [3.8, 4) is 0 Å². The quantitative estimate of drug-likeness (QED) is 0.922. The molecule has 2 amide bonds. The number of amides is 2. The second-order valence-corrected chi connectivity index (χ2v) is 6.78. The van der Waals surface area contributed by atoms with Crippen molar-refractivity contribution in [2.24, 2.45) is 0 Å². The lowest BCUT2D eigenvalue weighted by atomic mass is 10.1. The van der Waals surface area contributed by atoms with Crippen LogP contribution in [-0.2, 0) is 9.59 Å². The number of pyridine rings is 1. The van der Waals surface area contributed by atoms with E-state index in [0.717, 1.165) is 42.5 Å². The van der Waals surface area contributed by atoms with Crippen molar-refractivity contribution in [3.63, 3.8) is 0 Å². The summed E-state index contributed by atoms with van der Waals surface area (Å²) >= 11 is 0. The molecule has 0 radical (unpaired) electrons. The number of carbonyl (C=O) groups is 2. The van der Waals surface area contributed by atoms with Crippen molar-refractivity contribution >= 4 is 28.4 Å². The fourth-order valence-corrected chi connectivity index (χ4v) is 3.73. The third-order valence-corrected chi connectivity index (χ3v) is 5.01. The highest BCUT2D eigenvalue weighted by atomic mass is 16.2. The highest BCUT2D eigenvalue weighted by Crippen LogP contribution is 2.24. The van der Waals surface area contributed by atoms with Gasteiger partial charge in [-0.25, -0.2) is 0 Å². The van der Waals surface area contributed by atoms with Crippen LogP contribution in [0.5, 0.6) is 0 Å². The highest BCUT2D eigenvalue weighted by molar-refractivity contribution is 5.97. The van der Waals surface area contributed by atoms with E-state index in [4.69, 9.17) is 0 Å². The minimum Gasteiger partial charge on any atom is -0.380 e. The number of aromatic nitrogens is 1. The Morgan fingerprint density at radius 1 is 1.24 bits per heavy atom. The summed E-state index contributed by atoms with van der Waals surface area (Å²) in [5.41, 5.74) is 2.06. The second kappa shape index (κ2) is 6.80. The highest BCUT2D eigenvalue weighted by Gasteiger charge is 2.30. The van der Waals surface area contributed by atoms with Crippen LogP contribution in [0, 0.1) is 0 Å². The van der Waals surface area contributed by atoms with E-state index in [0.29, 0.717) is 25.6 Å². The summed E-state index contributed by atoms with van der Waals surface area (Å²) < 4.78 is 0. The number of anilines is 1. The molecule has 0 unspecified atom stereocenters. The zero-order chi connectivity index (χ0) is 17.2. The molecule has 0 spiro atoms. The van der Waals surface area contributed by atoms with E-state index in [1.165, 1.54) is 4.90 Å². The van der Waals surface area contributed by atoms with Crippen LogP contribution >= 0.6 is 0 Å². The minimum atomic E-state index is -0.0579. The molecule has 6 heteroatoms. The summed E-state index contributed by atoms with van der Waals surface area (Å²) in [7, 11) is 0. The number of imide groups is 1. The fourth-order valence-electron chi connectivity index (χ4n) is 3.73. The molecule has 2 fully saturated rings. The smallest absolute Gasteiger partial charge is 0.243 e. The van der Waals surface area contributed by atoms with Gasteiger partial charge in [0.2, 0.25) is 11.8 Å². The number of likely N-dealkylation sites (tertiary alicyclic amines) is 2. The molecule has 1 aromatic carbocycles. The van der Waals surface area contributed by atoms with E-state index in [-0.39, 0.29) is 11.8 Å². The van der Waals surface area contributed by atoms with Gasteiger partial charge in [0.1, 0.15) is 0 Å². The first-order valence-electron chi connectivity index (χ1n) is 8.86. The topological polar surface area (TPSA) is 65.5 Å². The lowest BCUT2D eigenvalue weighted by Crippen LogP contribution is -2.40. The molecule has 1 atom stereocenters. The molecule has 0 saturated carbocycles. The number of fused-ring (bicyclic) bond motifs is 1. The van der Waals surface area contributed by atoms with Gasteiger partial charge in [0.05, 0.1) is 12.1 Å². The van der Waals surface area contributed by atoms with Crippen LogP contribution in [0.15, 0.2) is 36.5 Å². The summed E-state index contributed by atoms with van der Waals surface area (Å²) in [5.74, 6) is -0.0837. The number of hydrogen-bond donors (Lipinski definition) is 1. The predicted molar refractivity (Wildman–Crippen MR) is 96.2 cm³/mol. The summed E-state index contributed by atoms with van der Waals surface area (Å²) in [6, 6.07) is 10.4. The van der Waals surface area contributed by atoms with Gasteiger partial charge < -0.3 is 5.32 Å². The fraction of sp³-hybridized carbons (Fsp3) is 0.421. The standard InChI is InChI=1S/C19H22N4O2/c24-18-7-3-10-23(18)19(25)13-22-11-8-14(12-22)21-17-6-1-5-16-15(17)4-2-9-20-16/h1-2,4-6,9,14,21H,3,7-8,10-13H2/t14-/m0/s1. The largest absolute Gasteiger partial charge is 0.380 e. The number of carbonyl (C=O) groups excluding carboxylic acids is 2. The normalized spacial score (nSPS) is 21.2. The summed E-state index contributed by atoms with van der Waals surface area (Å²) in [6.07, 6.45) is 4.08. The van der Waals surface area contributed by atoms with Crippen molar-refractivity contribution in [3.05, 3.63) is 36.5 Å². The molecule has 6 nitrogen and oxygen atoms in total. The molecule has 4 rings (SSSR count). The SMILES string of the molecule is O=C1CCCN1C(=O)CN1CC[C@H](Nc2cccc3ncccc23)C1. The van der Waals surface area contributed by atoms with E-state index in [2.05, 4.69) is 27.3 Å². The first kappa shape index (κ1) is 16.0. The Balaban J connectivity index is 1.37. The van der Waals surface area contributed by atoms with Gasteiger partial charge in [-0.15, -0.1) is 0 Å². The number of hydrogen-bond acceptors (Lipinski definition) is 5. The van der Waals surface area contributed by atoms with Gasteiger partial charge in [-0.05, 0) is 37.1 Å². The lowest BCUT2D eigenvalue weighted by molar-refractivity contribution is -0.142. The molecule has 3 heterocycles. The van der Waals surface area contributed by atoms with Crippen LogP contribution < -0.4 is 5.32 Å². The van der Waals surface area contributed by atoms with E-state index >= 15 is 0 Å². The first-order valence-corrected chi connectivity index (χ1v) is 8.86. The number of nitrogens with zero attached hydrogens (tertiary/aromatic N) is 3. The number of rotatable bonds is 4. The van der Waals surface area contributed by atoms with Crippen molar-refractivity contribution in [1.29, 1.82) is 0 Å². The molecular formula is C19H22N4O2. The Hall–Kier alpha value is -2.47. The number of benzene rings is 1. The molecule has 0 bridgehead atoms. The van der Waals surface area contributed by atoms with Gasteiger partial charge in [0.25, 0.3) is 0 Å². The van der Waals surface area contributed by atoms with Gasteiger partial charge in [-0.2, -0.15) is 0 Å². The summed E-state index contributed by atoms with van der Waals surface area (Å²) in [6.45, 7) is 2.59. The monoisotopic (exact) mass is 338 g/mol. The van der Waals surface area contributed by atoms with Gasteiger partial charge in [-0.3, -0.25) is 24.4 Å². The van der Waals surface area contributed by atoms with Gasteiger partial charge in [0, 0.05) is 49.4 Å². The Morgan fingerprint density at radius 3 is 3.00 bits per heavy atom. The van der Waals surface area contributed by atoms with Crippen LogP contribution in [0.2, 0.25) is 0 Å². The molecule has 2 aliphatic heterocycles. The van der Waals surface area contributed by atoms with Crippen molar-refractivity contribution in [2.75, 3.05) is 31.5 Å². The average Bonchev–Trinajstić information content (AvgIpc) is 3.24. The second-order valence-electron chi connectivity index (χ2n) is 6.78.